The maximum atomic E-state index is 13.1. The molecule has 3 aromatic heterocycles. The van der Waals surface area contributed by atoms with Crippen molar-refractivity contribution in [3.05, 3.63) is 81.4 Å². The van der Waals surface area contributed by atoms with E-state index in [1.165, 1.54) is 15.3 Å². The second-order valence-corrected chi connectivity index (χ2v) is 9.07. The predicted molar refractivity (Wildman–Crippen MR) is 148 cm³/mol. The molecule has 9 nitrogen and oxygen atoms in total. The van der Waals surface area contributed by atoms with E-state index in [-0.39, 0.29) is 30.4 Å². The zero-order valence-electron chi connectivity index (χ0n) is 21.4. The summed E-state index contributed by atoms with van der Waals surface area (Å²) in [4.78, 5) is 33.5. The maximum absolute atomic E-state index is 13.1. The fraction of sp³-hybridized carbons (Fsp3) is 0.250. The van der Waals surface area contributed by atoms with Gasteiger partial charge in [0.15, 0.2) is 0 Å². The van der Waals surface area contributed by atoms with E-state index in [2.05, 4.69) is 9.98 Å². The van der Waals surface area contributed by atoms with E-state index in [1.54, 1.807) is 38.8 Å². The van der Waals surface area contributed by atoms with E-state index < -0.39 is 0 Å². The molecule has 192 valence electrons. The van der Waals surface area contributed by atoms with Crippen LogP contribution in [-0.2, 0) is 14.1 Å². The van der Waals surface area contributed by atoms with Crippen molar-refractivity contribution < 1.29 is 9.84 Å². The van der Waals surface area contributed by atoms with E-state index >= 15 is 0 Å². The zero-order chi connectivity index (χ0) is 26.7. The van der Waals surface area contributed by atoms with Crippen molar-refractivity contribution in [2.45, 2.75) is 19.9 Å². The molecule has 0 fully saturated rings. The average molecular weight is 502 g/mol. The highest BCUT2D eigenvalue weighted by molar-refractivity contribution is 6.11. The molecule has 37 heavy (non-hydrogen) atoms. The molecule has 0 radical (unpaired) electrons. The molecule has 0 bridgehead atoms. The van der Waals surface area contributed by atoms with Gasteiger partial charge in [0.1, 0.15) is 17.9 Å². The lowest BCUT2D eigenvalue weighted by Gasteiger charge is -2.15. The van der Waals surface area contributed by atoms with Crippen LogP contribution in [0.2, 0.25) is 0 Å². The molecule has 9 heteroatoms. The van der Waals surface area contributed by atoms with Gasteiger partial charge >= 0.3 is 0 Å². The summed E-state index contributed by atoms with van der Waals surface area (Å²) < 4.78 is 8.61. The molecular weight excluding hydrogens is 470 g/mol. The van der Waals surface area contributed by atoms with Gasteiger partial charge in [-0.3, -0.25) is 14.6 Å². The number of nitrogens with one attached hydrogen (secondary N) is 1. The molecule has 0 saturated carbocycles. The zero-order valence-corrected chi connectivity index (χ0v) is 21.4. The van der Waals surface area contributed by atoms with Gasteiger partial charge in [-0.15, -0.1) is 0 Å². The molecule has 4 N–H and O–H groups in total. The monoisotopic (exact) mass is 501 g/mol. The van der Waals surface area contributed by atoms with Crippen LogP contribution in [0, 0.1) is 0 Å². The molecule has 0 spiro atoms. The molecule has 4 aromatic rings. The lowest BCUT2D eigenvalue weighted by molar-refractivity contribution is 0.201. The number of nitrogens with zero attached hydrogens (tertiary/aromatic N) is 3. The Morgan fingerprint density at radius 3 is 2.57 bits per heavy atom. The summed E-state index contributed by atoms with van der Waals surface area (Å²) in [6.07, 6.45) is 6.64. The number of aliphatic hydroxyl groups excluding tert-OH is 1. The van der Waals surface area contributed by atoms with E-state index in [4.69, 9.17) is 15.6 Å². The van der Waals surface area contributed by atoms with Crippen LogP contribution in [0.5, 0.6) is 5.75 Å². The quantitative estimate of drug-likeness (QED) is 0.320. The van der Waals surface area contributed by atoms with Crippen molar-refractivity contribution in [3.8, 4) is 28.0 Å². The summed E-state index contributed by atoms with van der Waals surface area (Å²) in [6, 6.07) is 11.0. The number of hydrogen-bond donors (Lipinski definition) is 3. The van der Waals surface area contributed by atoms with Gasteiger partial charge in [-0.05, 0) is 43.2 Å². The second kappa shape index (κ2) is 10.7. The Kier molecular flexibility index (Phi) is 7.45. The van der Waals surface area contributed by atoms with Gasteiger partial charge in [-0.1, -0.05) is 12.1 Å². The molecule has 0 aliphatic carbocycles. The van der Waals surface area contributed by atoms with E-state index in [0.717, 1.165) is 11.1 Å². The Hall–Kier alpha value is -4.37. The molecule has 0 aliphatic rings. The lowest BCUT2D eigenvalue weighted by Crippen LogP contribution is -2.18. The largest absolute Gasteiger partial charge is 0.491 e. The number of aromatic nitrogens is 3. The topological polar surface area (TPSA) is 128 Å². The summed E-state index contributed by atoms with van der Waals surface area (Å²) in [6.45, 7) is 4.01. The number of aliphatic hydroxyl groups is 1. The van der Waals surface area contributed by atoms with Crippen LogP contribution in [0.3, 0.4) is 0 Å². The van der Waals surface area contributed by atoms with E-state index in [0.29, 0.717) is 39.0 Å². The molecule has 3 heterocycles. The highest BCUT2D eigenvalue weighted by Crippen LogP contribution is 2.36. The molecule has 0 aliphatic heterocycles. The van der Waals surface area contributed by atoms with E-state index in [1.807, 2.05) is 44.2 Å². The maximum Gasteiger partial charge on any atom is 0.274 e. The third kappa shape index (κ3) is 5.26. The molecule has 0 saturated heterocycles. The number of aryl methyl sites for hydroxylation is 2. The third-order valence-corrected chi connectivity index (χ3v) is 5.99. The fourth-order valence-corrected chi connectivity index (χ4v) is 4.14. The van der Waals surface area contributed by atoms with Crippen molar-refractivity contribution in [2.75, 3.05) is 13.2 Å². The Morgan fingerprint density at radius 2 is 1.86 bits per heavy atom. The number of allylic oxidation sites excluding steroid dienone is 1. The Labute approximate surface area is 214 Å². The van der Waals surface area contributed by atoms with Crippen LogP contribution in [-0.4, -0.2) is 44.7 Å². The number of benzene rings is 1. The number of pyridine rings is 2. The number of ether oxygens (including phenoxy) is 1. The Bertz CT molecular complexity index is 1620. The van der Waals surface area contributed by atoms with Crippen molar-refractivity contribution in [3.63, 3.8) is 0 Å². The van der Waals surface area contributed by atoms with Crippen molar-refractivity contribution in [2.24, 2.45) is 24.8 Å². The van der Waals surface area contributed by atoms with Crippen LogP contribution in [0.25, 0.3) is 38.7 Å². The molecular formula is C28H31N5O4. The van der Waals surface area contributed by atoms with Gasteiger partial charge in [0.25, 0.3) is 11.1 Å². The average Bonchev–Trinajstić information content (AvgIpc) is 3.32. The number of aliphatic imine (C=N–C) groups is 1. The van der Waals surface area contributed by atoms with Gasteiger partial charge in [-0.25, -0.2) is 0 Å². The highest BCUT2D eigenvalue weighted by atomic mass is 16.5. The molecule has 0 amide bonds. The number of aromatic amines is 1. The highest BCUT2D eigenvalue weighted by Gasteiger charge is 2.18. The molecule has 4 rings (SSSR count). The molecule has 0 atom stereocenters. The first-order valence-corrected chi connectivity index (χ1v) is 12.0. The van der Waals surface area contributed by atoms with Gasteiger partial charge in [0, 0.05) is 78.8 Å². The predicted octanol–water partition coefficient (Wildman–Crippen LogP) is 3.05. The summed E-state index contributed by atoms with van der Waals surface area (Å²) in [5.41, 5.74) is 10.2. The summed E-state index contributed by atoms with van der Waals surface area (Å²) in [7, 11) is 3.37. The smallest absolute Gasteiger partial charge is 0.274 e. The standard InChI is InChI=1S/C28H31N5O4/c1-17(2)30-14-19(13-29)25-11-22-24(16-33(4)28(36)27(22)31-25)21-12-26(35)32(3)15-23(21)18-6-5-7-20(10-18)37-9-8-34/h5-7,10-17,31,34H,8-9,29H2,1-4H3. The summed E-state index contributed by atoms with van der Waals surface area (Å²) in [5, 5.41) is 9.79. The van der Waals surface area contributed by atoms with Gasteiger partial charge in [0.2, 0.25) is 0 Å². The number of rotatable bonds is 8. The Morgan fingerprint density at radius 1 is 1.11 bits per heavy atom. The van der Waals surface area contributed by atoms with Crippen LogP contribution in [0.15, 0.2) is 69.6 Å². The van der Waals surface area contributed by atoms with Crippen LogP contribution in [0.4, 0.5) is 0 Å². The minimum absolute atomic E-state index is 0.0861. The van der Waals surface area contributed by atoms with Gasteiger partial charge in [-0.2, -0.15) is 0 Å². The first-order valence-electron chi connectivity index (χ1n) is 12.0. The van der Waals surface area contributed by atoms with Gasteiger partial charge in [0.05, 0.1) is 6.61 Å². The van der Waals surface area contributed by atoms with Crippen molar-refractivity contribution in [1.29, 1.82) is 0 Å². The van der Waals surface area contributed by atoms with Crippen LogP contribution < -0.4 is 21.6 Å². The number of H-pyrrole nitrogens is 1. The summed E-state index contributed by atoms with van der Waals surface area (Å²) >= 11 is 0. The number of hydrogen-bond acceptors (Lipinski definition) is 6. The van der Waals surface area contributed by atoms with Crippen molar-refractivity contribution >= 4 is 22.7 Å². The first kappa shape index (κ1) is 25.7. The normalized spacial score (nSPS) is 12.2. The fourth-order valence-electron chi connectivity index (χ4n) is 4.14. The first-order chi connectivity index (χ1) is 17.7. The minimum atomic E-state index is -0.202. The SMILES string of the molecule is CC(C)N=CC(=CN)c1cc2c(-c3cc(=O)n(C)cc3-c3cccc(OCCO)c3)cn(C)c(=O)c2[nH]1. The second-order valence-electron chi connectivity index (χ2n) is 9.07. The third-order valence-electron chi connectivity index (χ3n) is 5.99. The Balaban J connectivity index is 1.98. The van der Waals surface area contributed by atoms with Gasteiger partial charge < -0.3 is 29.7 Å². The molecule has 0 unspecified atom stereocenters. The minimum Gasteiger partial charge on any atom is -0.491 e. The van der Waals surface area contributed by atoms with Crippen molar-refractivity contribution in [1.82, 2.24) is 14.1 Å². The number of fused-ring (bicyclic) bond motifs is 1. The van der Waals surface area contributed by atoms with Crippen LogP contribution in [0.1, 0.15) is 19.5 Å². The lowest BCUT2D eigenvalue weighted by atomic mass is 9.95. The summed E-state index contributed by atoms with van der Waals surface area (Å²) in [5.74, 6) is 0.600. The number of nitrogens with two attached hydrogens (primary N) is 1. The van der Waals surface area contributed by atoms with Crippen LogP contribution >= 0.6 is 0 Å². The van der Waals surface area contributed by atoms with E-state index in [9.17, 15) is 9.59 Å². The molecule has 1 aromatic carbocycles.